The van der Waals surface area contributed by atoms with E-state index in [1.807, 2.05) is 3.71 Å². The van der Waals surface area contributed by atoms with Crippen molar-refractivity contribution in [1.29, 1.82) is 0 Å². The predicted octanol–water partition coefficient (Wildman–Crippen LogP) is 11.1. The molecule has 0 rings (SSSR count). The van der Waals surface area contributed by atoms with Gasteiger partial charge in [0.1, 0.15) is 0 Å². The molecule has 0 aromatic carbocycles. The zero-order valence-electron chi connectivity index (χ0n) is 22.8. The Kier molecular flexibility index (Phi) is 28.6. The monoisotopic (exact) mass is 501 g/mol. The average Bonchev–Trinajstić information content (AvgIpc) is 2.83. The van der Waals surface area contributed by atoms with Gasteiger partial charge in [0.2, 0.25) is 5.91 Å². The van der Waals surface area contributed by atoms with Crippen LogP contribution in [0.5, 0.6) is 0 Å². The lowest BCUT2D eigenvalue weighted by atomic mass is 10.1. The van der Waals surface area contributed by atoms with E-state index in [2.05, 4.69) is 20.8 Å². The van der Waals surface area contributed by atoms with Gasteiger partial charge in [0.25, 0.3) is 0 Å². The Morgan fingerprint density at radius 2 is 0.758 bits per heavy atom. The van der Waals surface area contributed by atoms with Gasteiger partial charge in [-0.1, -0.05) is 143 Å². The third-order valence-corrected chi connectivity index (χ3v) is 8.81. The summed E-state index contributed by atoms with van der Waals surface area (Å²) in [7, 11) is 0. The molecule has 0 aliphatic heterocycles. The predicted molar refractivity (Wildman–Crippen MR) is 155 cm³/mol. The Bertz CT molecular complexity index is 366. The molecule has 4 heteroatoms. The summed E-state index contributed by atoms with van der Waals surface area (Å²) in [5, 5.41) is 0. The summed E-state index contributed by atoms with van der Waals surface area (Å²) in [6, 6.07) is 0. The third kappa shape index (κ3) is 25.1. The van der Waals surface area contributed by atoms with Crippen LogP contribution in [0.4, 0.5) is 0 Å². The molecule has 0 saturated heterocycles. The lowest BCUT2D eigenvalue weighted by molar-refractivity contribution is -0.122. The lowest BCUT2D eigenvalue weighted by Gasteiger charge is -2.20. The first kappa shape index (κ1) is 33.2. The van der Waals surface area contributed by atoms with Gasteiger partial charge in [-0.3, -0.25) is 4.79 Å². The number of hydrogen-bond donors (Lipinski definition) is 0. The van der Waals surface area contributed by atoms with Crippen molar-refractivity contribution in [3.63, 3.8) is 0 Å². The Morgan fingerprint density at radius 1 is 0.455 bits per heavy atom. The molecule has 0 fully saturated rings. The topological polar surface area (TPSA) is 20.3 Å². The minimum absolute atomic E-state index is 0.339. The number of amides is 1. The van der Waals surface area contributed by atoms with Crippen molar-refractivity contribution >= 4 is 29.8 Å². The molecule has 0 bridgehead atoms. The number of hydrogen-bond acceptors (Lipinski definition) is 3. The van der Waals surface area contributed by atoms with Crippen LogP contribution in [0.1, 0.15) is 168 Å². The molecular formula is C29H59NOS2. The fourth-order valence-electron chi connectivity index (χ4n) is 4.07. The van der Waals surface area contributed by atoms with Crippen LogP contribution in [-0.4, -0.2) is 21.1 Å². The highest BCUT2D eigenvalue weighted by molar-refractivity contribution is 8.12. The Balaban J connectivity index is 3.77. The highest BCUT2D eigenvalue weighted by Gasteiger charge is 2.14. The molecule has 0 saturated carbocycles. The molecule has 0 unspecified atom stereocenters. The molecule has 33 heavy (non-hydrogen) atoms. The number of unbranched alkanes of at least 4 members (excludes halogenated alkanes) is 19. The summed E-state index contributed by atoms with van der Waals surface area (Å²) in [6.07, 6.45) is 30.3. The first-order chi connectivity index (χ1) is 16.3. The molecule has 0 radical (unpaired) electrons. The average molecular weight is 502 g/mol. The maximum absolute atomic E-state index is 12.6. The van der Waals surface area contributed by atoms with Crippen molar-refractivity contribution in [2.45, 2.75) is 168 Å². The molecule has 0 aromatic heterocycles. The highest BCUT2D eigenvalue weighted by Crippen LogP contribution is 2.26. The SMILES string of the molecule is CCCCCCCCCCCCSN(SCCCCCCCCCCCC)C(=O)CCCC. The van der Waals surface area contributed by atoms with Crippen LogP contribution in [0, 0.1) is 0 Å². The minimum Gasteiger partial charge on any atom is -0.273 e. The standard InChI is InChI=1S/C29H59NOS2/c1-4-7-10-12-14-16-18-20-22-24-27-32-30(29(31)26-9-6-3)33-28-25-23-21-19-17-15-13-11-8-5-2/h4-28H2,1-3H3. The molecular weight excluding hydrogens is 442 g/mol. The summed E-state index contributed by atoms with van der Waals surface area (Å²) in [5.41, 5.74) is 0. The number of carbonyl (C=O) groups is 1. The van der Waals surface area contributed by atoms with Crippen molar-refractivity contribution in [3.05, 3.63) is 0 Å². The fourth-order valence-corrected chi connectivity index (χ4v) is 6.29. The summed E-state index contributed by atoms with van der Waals surface area (Å²) in [4.78, 5) is 12.6. The van der Waals surface area contributed by atoms with Gasteiger partial charge in [-0.2, -0.15) is 0 Å². The second kappa shape index (κ2) is 28.4. The van der Waals surface area contributed by atoms with Gasteiger partial charge in [-0.05, 0) is 43.2 Å². The van der Waals surface area contributed by atoms with Gasteiger partial charge in [0.15, 0.2) is 0 Å². The zero-order chi connectivity index (χ0) is 24.2. The van der Waals surface area contributed by atoms with Crippen LogP contribution >= 0.6 is 23.9 Å². The lowest BCUT2D eigenvalue weighted by Crippen LogP contribution is -2.18. The molecule has 0 aliphatic rings. The maximum Gasteiger partial charge on any atom is 0.242 e. The van der Waals surface area contributed by atoms with Crippen molar-refractivity contribution in [3.8, 4) is 0 Å². The second-order valence-corrected chi connectivity index (χ2v) is 12.1. The fraction of sp³-hybridized carbons (Fsp3) is 0.966. The highest BCUT2D eigenvalue weighted by atomic mass is 32.2. The minimum atomic E-state index is 0.339. The van der Waals surface area contributed by atoms with Crippen molar-refractivity contribution in [2.24, 2.45) is 0 Å². The molecule has 2 nitrogen and oxygen atoms in total. The molecule has 0 atom stereocenters. The first-order valence-corrected chi connectivity index (χ1v) is 16.7. The maximum atomic E-state index is 12.6. The molecule has 0 heterocycles. The van der Waals surface area contributed by atoms with E-state index >= 15 is 0 Å². The summed E-state index contributed by atoms with van der Waals surface area (Å²) in [5.74, 6) is 2.53. The zero-order valence-corrected chi connectivity index (χ0v) is 24.5. The van der Waals surface area contributed by atoms with E-state index in [4.69, 9.17) is 0 Å². The van der Waals surface area contributed by atoms with E-state index in [0.29, 0.717) is 12.3 Å². The molecule has 0 spiro atoms. The molecule has 1 amide bonds. The third-order valence-electron chi connectivity index (χ3n) is 6.36. The van der Waals surface area contributed by atoms with Crippen molar-refractivity contribution < 1.29 is 4.79 Å². The van der Waals surface area contributed by atoms with Crippen LogP contribution < -0.4 is 0 Å². The van der Waals surface area contributed by atoms with Crippen LogP contribution in [0.15, 0.2) is 0 Å². The molecule has 0 N–H and O–H groups in total. The van der Waals surface area contributed by atoms with Crippen LogP contribution in [0.3, 0.4) is 0 Å². The molecule has 0 aliphatic carbocycles. The van der Waals surface area contributed by atoms with Gasteiger partial charge in [-0.25, -0.2) is 3.71 Å². The van der Waals surface area contributed by atoms with Gasteiger partial charge in [0.05, 0.1) is 0 Å². The second-order valence-electron chi connectivity index (χ2n) is 9.78. The van der Waals surface area contributed by atoms with E-state index in [9.17, 15) is 4.79 Å². The van der Waals surface area contributed by atoms with Gasteiger partial charge in [-0.15, -0.1) is 0 Å². The van der Waals surface area contributed by atoms with Crippen molar-refractivity contribution in [2.75, 3.05) is 11.5 Å². The first-order valence-electron chi connectivity index (χ1n) is 14.8. The van der Waals surface area contributed by atoms with Crippen LogP contribution in [0.2, 0.25) is 0 Å². The summed E-state index contributed by atoms with van der Waals surface area (Å²) < 4.78 is 2.04. The summed E-state index contributed by atoms with van der Waals surface area (Å²) >= 11 is 3.57. The van der Waals surface area contributed by atoms with Crippen molar-refractivity contribution in [1.82, 2.24) is 3.71 Å². The van der Waals surface area contributed by atoms with Crippen LogP contribution in [0.25, 0.3) is 0 Å². The van der Waals surface area contributed by atoms with Gasteiger partial charge >= 0.3 is 0 Å². The summed E-state index contributed by atoms with van der Waals surface area (Å²) in [6.45, 7) is 6.74. The van der Waals surface area contributed by atoms with E-state index in [1.165, 1.54) is 128 Å². The largest absolute Gasteiger partial charge is 0.273 e. The Morgan fingerprint density at radius 3 is 1.09 bits per heavy atom. The van der Waals surface area contributed by atoms with Crippen LogP contribution in [-0.2, 0) is 4.79 Å². The van der Waals surface area contributed by atoms with E-state index in [-0.39, 0.29) is 0 Å². The Hall–Kier alpha value is 0.170. The normalized spacial score (nSPS) is 11.2. The van der Waals surface area contributed by atoms with E-state index in [0.717, 1.165) is 24.3 Å². The number of carbonyl (C=O) groups excluding carboxylic acids is 1. The van der Waals surface area contributed by atoms with E-state index < -0.39 is 0 Å². The quantitative estimate of drug-likeness (QED) is 0.0824. The molecule has 198 valence electrons. The van der Waals surface area contributed by atoms with E-state index in [1.54, 1.807) is 23.9 Å². The molecule has 0 aromatic rings. The number of rotatable bonds is 27. The van der Waals surface area contributed by atoms with Gasteiger partial charge < -0.3 is 0 Å². The smallest absolute Gasteiger partial charge is 0.242 e. The van der Waals surface area contributed by atoms with Gasteiger partial charge in [0, 0.05) is 17.9 Å². The Labute approximate surface area is 217 Å². The number of nitrogens with zero attached hydrogens (tertiary/aromatic N) is 1.